The number of aromatic amines is 2. The number of nitrogens with one attached hydrogen (secondary N) is 3. The number of hydrogen-bond donors (Lipinski definition) is 3. The lowest BCUT2D eigenvalue weighted by Gasteiger charge is -2.11. The average molecular weight is 525 g/mol. The minimum absolute atomic E-state index is 0.289. The van der Waals surface area contributed by atoms with Crippen LogP contribution in [-0.4, -0.2) is 41.7 Å². The molecule has 1 aliphatic rings. The van der Waals surface area contributed by atoms with Gasteiger partial charge in [-0.2, -0.15) is 5.10 Å². The summed E-state index contributed by atoms with van der Waals surface area (Å²) in [5, 5.41) is 13.1. The standard InChI is InChI=1S/C28H25FN8S/c29-23-19(18-10-17(13-31-14-18)12-30-11-16-4-1-2-5-16)15-33-27-22(23)26(36-37-27)28-34-20-7-8-32-25(24(20)35-28)21-6-3-9-38-21/h3,6-10,13-16,30H,1-2,4-5,11-12H2,(H,34,35)(H,33,36,37). The predicted octanol–water partition coefficient (Wildman–Crippen LogP) is 6.11. The summed E-state index contributed by atoms with van der Waals surface area (Å²) in [6.07, 6.45) is 12.0. The Bertz CT molecular complexity index is 1730. The van der Waals surface area contributed by atoms with Gasteiger partial charge in [0.15, 0.2) is 11.5 Å². The zero-order valence-corrected chi connectivity index (χ0v) is 21.4. The van der Waals surface area contributed by atoms with E-state index in [1.807, 2.05) is 35.8 Å². The van der Waals surface area contributed by atoms with Gasteiger partial charge in [-0.15, -0.1) is 11.3 Å². The van der Waals surface area contributed by atoms with Crippen molar-refractivity contribution in [3.8, 4) is 33.2 Å². The number of halogens is 1. The number of nitrogens with zero attached hydrogens (tertiary/aromatic N) is 5. The fourth-order valence-corrected chi connectivity index (χ4v) is 6.06. The number of hydrogen-bond acceptors (Lipinski definition) is 7. The van der Waals surface area contributed by atoms with Crippen LogP contribution in [0.3, 0.4) is 0 Å². The second-order valence-corrected chi connectivity index (χ2v) is 10.7. The van der Waals surface area contributed by atoms with Gasteiger partial charge in [-0.3, -0.25) is 15.1 Å². The van der Waals surface area contributed by atoms with Gasteiger partial charge in [0.1, 0.15) is 22.7 Å². The summed E-state index contributed by atoms with van der Waals surface area (Å²) in [7, 11) is 0. The fraction of sp³-hybridized carbons (Fsp3) is 0.250. The third-order valence-corrected chi connectivity index (χ3v) is 8.13. The molecule has 6 aromatic rings. The van der Waals surface area contributed by atoms with Gasteiger partial charge in [0.05, 0.1) is 15.8 Å². The molecule has 6 heterocycles. The van der Waals surface area contributed by atoms with Crippen LogP contribution in [0.5, 0.6) is 0 Å². The highest BCUT2D eigenvalue weighted by Crippen LogP contribution is 2.35. The minimum atomic E-state index is -0.409. The molecule has 0 spiro atoms. The van der Waals surface area contributed by atoms with Crippen molar-refractivity contribution < 1.29 is 4.39 Å². The fourth-order valence-electron chi connectivity index (χ4n) is 5.33. The zero-order chi connectivity index (χ0) is 25.5. The van der Waals surface area contributed by atoms with Gasteiger partial charge in [0.2, 0.25) is 0 Å². The third kappa shape index (κ3) is 4.15. The highest BCUT2D eigenvalue weighted by Gasteiger charge is 2.22. The lowest BCUT2D eigenvalue weighted by molar-refractivity contribution is 0.489. The molecular weight excluding hydrogens is 499 g/mol. The number of thiophene rings is 1. The van der Waals surface area contributed by atoms with Crippen molar-refractivity contribution in [3.05, 3.63) is 65.8 Å². The van der Waals surface area contributed by atoms with Crippen molar-refractivity contribution in [2.24, 2.45) is 5.92 Å². The van der Waals surface area contributed by atoms with E-state index < -0.39 is 5.82 Å². The van der Waals surface area contributed by atoms with Gasteiger partial charge in [-0.05, 0) is 54.4 Å². The maximum absolute atomic E-state index is 16.1. The van der Waals surface area contributed by atoms with Gasteiger partial charge < -0.3 is 10.3 Å². The lowest BCUT2D eigenvalue weighted by Crippen LogP contribution is -2.20. The number of pyridine rings is 3. The number of aromatic nitrogens is 7. The molecule has 190 valence electrons. The largest absolute Gasteiger partial charge is 0.336 e. The van der Waals surface area contributed by atoms with Crippen molar-refractivity contribution in [2.45, 2.75) is 32.2 Å². The highest BCUT2D eigenvalue weighted by atomic mass is 32.1. The van der Waals surface area contributed by atoms with E-state index in [2.05, 4.69) is 35.5 Å². The Balaban J connectivity index is 1.23. The summed E-state index contributed by atoms with van der Waals surface area (Å²) in [5.74, 6) is 0.802. The summed E-state index contributed by atoms with van der Waals surface area (Å²) < 4.78 is 16.1. The molecule has 0 atom stereocenters. The van der Waals surface area contributed by atoms with Gasteiger partial charge >= 0.3 is 0 Å². The quantitative estimate of drug-likeness (QED) is 0.233. The second-order valence-electron chi connectivity index (χ2n) is 9.76. The number of imidazole rings is 1. The van der Waals surface area contributed by atoms with Crippen molar-refractivity contribution in [1.29, 1.82) is 0 Å². The normalized spacial score (nSPS) is 14.2. The van der Waals surface area contributed by atoms with Crippen LogP contribution in [0.15, 0.2) is 54.4 Å². The molecule has 7 rings (SSSR count). The van der Waals surface area contributed by atoms with Gasteiger partial charge in [-0.1, -0.05) is 18.9 Å². The molecule has 0 bridgehead atoms. The molecule has 0 aromatic carbocycles. The summed E-state index contributed by atoms with van der Waals surface area (Å²) in [5.41, 5.74) is 5.11. The summed E-state index contributed by atoms with van der Waals surface area (Å²) in [6, 6.07) is 7.82. The van der Waals surface area contributed by atoms with Crippen LogP contribution in [0, 0.1) is 11.7 Å². The molecule has 1 fully saturated rings. The molecule has 1 saturated carbocycles. The zero-order valence-electron chi connectivity index (χ0n) is 20.5. The first-order chi connectivity index (χ1) is 18.7. The van der Waals surface area contributed by atoms with Crippen LogP contribution in [0.2, 0.25) is 0 Å². The Hall–Kier alpha value is -4.02. The maximum atomic E-state index is 16.1. The Kier molecular flexibility index (Phi) is 5.90. The Morgan fingerprint density at radius 2 is 2.00 bits per heavy atom. The summed E-state index contributed by atoms with van der Waals surface area (Å²) in [6.45, 7) is 1.71. The SMILES string of the molecule is Fc1c(-c2cncc(CNCC3CCCC3)c2)cnc2[nH]nc(-c3nc4c(-c5cccs5)nccc4[nH]3)c12. The molecule has 3 N–H and O–H groups in total. The second kappa shape index (κ2) is 9.70. The van der Waals surface area contributed by atoms with E-state index >= 15 is 4.39 Å². The molecule has 0 unspecified atom stereocenters. The minimum Gasteiger partial charge on any atom is -0.336 e. The highest BCUT2D eigenvalue weighted by molar-refractivity contribution is 7.13. The average Bonchev–Trinajstić information content (AvgIpc) is 3.75. The number of rotatable bonds is 7. The van der Waals surface area contributed by atoms with E-state index in [9.17, 15) is 0 Å². The first-order valence-corrected chi connectivity index (χ1v) is 13.7. The predicted molar refractivity (Wildman–Crippen MR) is 147 cm³/mol. The Morgan fingerprint density at radius 3 is 2.87 bits per heavy atom. The third-order valence-electron chi connectivity index (χ3n) is 7.25. The van der Waals surface area contributed by atoms with E-state index in [0.717, 1.165) is 34.1 Å². The Morgan fingerprint density at radius 1 is 1.08 bits per heavy atom. The monoisotopic (exact) mass is 524 g/mol. The molecule has 38 heavy (non-hydrogen) atoms. The summed E-state index contributed by atoms with van der Waals surface area (Å²) in [4.78, 5) is 22.5. The van der Waals surface area contributed by atoms with Crippen molar-refractivity contribution >= 4 is 33.4 Å². The molecular formula is C28H25FN8S. The van der Waals surface area contributed by atoms with Gasteiger partial charge in [-0.25, -0.2) is 14.4 Å². The van der Waals surface area contributed by atoms with Crippen LogP contribution in [0.1, 0.15) is 31.2 Å². The molecule has 10 heteroatoms. The Labute approximate surface area is 221 Å². The van der Waals surface area contributed by atoms with E-state index in [0.29, 0.717) is 40.4 Å². The first kappa shape index (κ1) is 23.1. The van der Waals surface area contributed by atoms with Crippen LogP contribution < -0.4 is 5.32 Å². The topological polar surface area (TPSA) is 108 Å². The molecule has 1 aliphatic carbocycles. The van der Waals surface area contributed by atoms with E-state index in [-0.39, 0.29) is 5.39 Å². The van der Waals surface area contributed by atoms with Crippen LogP contribution in [-0.2, 0) is 6.54 Å². The number of H-pyrrole nitrogens is 2. The summed E-state index contributed by atoms with van der Waals surface area (Å²) >= 11 is 1.60. The molecule has 8 nitrogen and oxygen atoms in total. The molecule has 0 radical (unpaired) electrons. The molecule has 6 aromatic heterocycles. The van der Waals surface area contributed by atoms with Crippen molar-refractivity contribution in [3.63, 3.8) is 0 Å². The van der Waals surface area contributed by atoms with E-state index in [1.165, 1.54) is 31.9 Å². The van der Waals surface area contributed by atoms with E-state index in [1.54, 1.807) is 23.7 Å². The van der Waals surface area contributed by atoms with E-state index in [4.69, 9.17) is 4.98 Å². The first-order valence-electron chi connectivity index (χ1n) is 12.8. The smallest absolute Gasteiger partial charge is 0.159 e. The lowest BCUT2D eigenvalue weighted by atomic mass is 10.0. The van der Waals surface area contributed by atoms with Crippen molar-refractivity contribution in [2.75, 3.05) is 6.54 Å². The number of fused-ring (bicyclic) bond motifs is 2. The molecule has 0 amide bonds. The van der Waals surface area contributed by atoms with Gasteiger partial charge in [0.25, 0.3) is 0 Å². The van der Waals surface area contributed by atoms with Crippen LogP contribution in [0.4, 0.5) is 4.39 Å². The molecule has 0 aliphatic heterocycles. The van der Waals surface area contributed by atoms with Gasteiger partial charge in [0, 0.05) is 42.5 Å². The molecule has 0 saturated heterocycles. The van der Waals surface area contributed by atoms with Crippen LogP contribution >= 0.6 is 11.3 Å². The van der Waals surface area contributed by atoms with Crippen LogP contribution in [0.25, 0.3) is 55.3 Å². The van der Waals surface area contributed by atoms with Crippen molar-refractivity contribution in [1.82, 2.24) is 40.4 Å². The maximum Gasteiger partial charge on any atom is 0.159 e.